The number of aromatic amines is 1. The van der Waals surface area contributed by atoms with Crippen LogP contribution in [0.3, 0.4) is 0 Å². The van der Waals surface area contributed by atoms with E-state index in [-0.39, 0.29) is 24.6 Å². The first-order valence-electron chi connectivity index (χ1n) is 5.93. The van der Waals surface area contributed by atoms with E-state index in [1.807, 2.05) is 0 Å². The van der Waals surface area contributed by atoms with Gasteiger partial charge in [-0.2, -0.15) is 0 Å². The molecule has 3 N–H and O–H groups in total. The standard InChI is InChI=1S/C13H13FN4O2/c14-11-4-2-1-3-10(11)13(20)17-7-12(19)16-6-9-5-15-8-18-9/h1-5,8H,6-7H2,(H,15,18)(H,16,19)(H,17,20). The molecule has 7 heteroatoms. The van der Waals surface area contributed by atoms with Crippen LogP contribution in [0.25, 0.3) is 0 Å². The zero-order valence-corrected chi connectivity index (χ0v) is 10.5. The van der Waals surface area contributed by atoms with Crippen LogP contribution in [0.5, 0.6) is 0 Å². The van der Waals surface area contributed by atoms with Gasteiger partial charge in [-0.3, -0.25) is 9.59 Å². The van der Waals surface area contributed by atoms with Gasteiger partial charge in [0.25, 0.3) is 5.91 Å². The zero-order chi connectivity index (χ0) is 14.4. The van der Waals surface area contributed by atoms with Crippen molar-refractivity contribution in [2.45, 2.75) is 6.54 Å². The Balaban J connectivity index is 1.78. The van der Waals surface area contributed by atoms with Crippen molar-refractivity contribution in [1.82, 2.24) is 20.6 Å². The number of rotatable bonds is 5. The minimum atomic E-state index is -0.625. The number of carbonyl (C=O) groups is 2. The third kappa shape index (κ3) is 3.64. The summed E-state index contributed by atoms with van der Waals surface area (Å²) in [5.41, 5.74) is 0.660. The smallest absolute Gasteiger partial charge is 0.254 e. The van der Waals surface area contributed by atoms with Gasteiger partial charge in [0.05, 0.1) is 30.7 Å². The molecule has 2 rings (SSSR count). The summed E-state index contributed by atoms with van der Waals surface area (Å²) in [6, 6.07) is 5.58. The number of H-pyrrole nitrogens is 1. The van der Waals surface area contributed by atoms with Gasteiger partial charge >= 0.3 is 0 Å². The maximum atomic E-state index is 13.3. The summed E-state index contributed by atoms with van der Waals surface area (Å²) in [4.78, 5) is 29.8. The van der Waals surface area contributed by atoms with E-state index in [1.165, 1.54) is 24.5 Å². The molecule has 0 spiro atoms. The summed E-state index contributed by atoms with van der Waals surface area (Å²) < 4.78 is 13.3. The predicted molar refractivity (Wildman–Crippen MR) is 69.2 cm³/mol. The highest BCUT2D eigenvalue weighted by atomic mass is 19.1. The lowest BCUT2D eigenvalue weighted by Crippen LogP contribution is -2.36. The fraction of sp³-hybridized carbons (Fsp3) is 0.154. The van der Waals surface area contributed by atoms with E-state index in [0.717, 1.165) is 5.69 Å². The van der Waals surface area contributed by atoms with Gasteiger partial charge in [0, 0.05) is 6.20 Å². The molecule has 0 saturated heterocycles. The molecule has 1 aromatic heterocycles. The maximum Gasteiger partial charge on any atom is 0.254 e. The molecule has 0 atom stereocenters. The first-order valence-corrected chi connectivity index (χ1v) is 5.93. The quantitative estimate of drug-likeness (QED) is 0.747. The van der Waals surface area contributed by atoms with Crippen molar-refractivity contribution in [1.29, 1.82) is 0 Å². The zero-order valence-electron chi connectivity index (χ0n) is 10.5. The number of nitrogens with one attached hydrogen (secondary N) is 3. The van der Waals surface area contributed by atoms with Crippen LogP contribution in [-0.2, 0) is 11.3 Å². The number of halogens is 1. The topological polar surface area (TPSA) is 86.9 Å². The van der Waals surface area contributed by atoms with Crippen molar-refractivity contribution in [2.24, 2.45) is 0 Å². The van der Waals surface area contributed by atoms with E-state index >= 15 is 0 Å². The van der Waals surface area contributed by atoms with Crippen LogP contribution >= 0.6 is 0 Å². The SMILES string of the molecule is O=C(CNC(=O)c1ccccc1F)NCc1cnc[nH]1. The van der Waals surface area contributed by atoms with Gasteiger partial charge in [-0.05, 0) is 12.1 Å². The third-order valence-electron chi connectivity index (χ3n) is 2.56. The summed E-state index contributed by atoms with van der Waals surface area (Å²) in [5, 5.41) is 4.94. The fourth-order valence-corrected chi connectivity index (χ4v) is 1.54. The Morgan fingerprint density at radius 1 is 1.25 bits per heavy atom. The Hall–Kier alpha value is -2.70. The summed E-state index contributed by atoms with van der Waals surface area (Å²) >= 11 is 0. The van der Waals surface area contributed by atoms with E-state index in [1.54, 1.807) is 12.3 Å². The van der Waals surface area contributed by atoms with Crippen molar-refractivity contribution < 1.29 is 14.0 Å². The summed E-state index contributed by atoms with van der Waals surface area (Å²) in [5.74, 6) is -1.62. The molecule has 2 aromatic rings. The van der Waals surface area contributed by atoms with Crippen LogP contribution in [0, 0.1) is 5.82 Å². The molecule has 0 fully saturated rings. The Bertz CT molecular complexity index is 598. The molecule has 0 unspecified atom stereocenters. The van der Waals surface area contributed by atoms with Crippen LogP contribution < -0.4 is 10.6 Å². The Morgan fingerprint density at radius 3 is 2.75 bits per heavy atom. The van der Waals surface area contributed by atoms with Gasteiger partial charge in [0.15, 0.2) is 0 Å². The number of benzene rings is 1. The molecular weight excluding hydrogens is 263 g/mol. The molecule has 0 aliphatic rings. The lowest BCUT2D eigenvalue weighted by atomic mass is 10.2. The lowest BCUT2D eigenvalue weighted by molar-refractivity contribution is -0.120. The molecule has 6 nitrogen and oxygen atoms in total. The molecule has 0 radical (unpaired) electrons. The highest BCUT2D eigenvalue weighted by molar-refractivity contribution is 5.96. The molecule has 1 heterocycles. The number of nitrogens with zero attached hydrogens (tertiary/aromatic N) is 1. The van der Waals surface area contributed by atoms with Gasteiger partial charge in [-0.25, -0.2) is 9.37 Å². The van der Waals surface area contributed by atoms with Crippen LogP contribution in [0.1, 0.15) is 16.1 Å². The summed E-state index contributed by atoms with van der Waals surface area (Å²) in [6.07, 6.45) is 3.08. The number of imidazole rings is 1. The average Bonchev–Trinajstić information content (AvgIpc) is 2.96. The van der Waals surface area contributed by atoms with Gasteiger partial charge in [-0.1, -0.05) is 12.1 Å². The Labute approximate surface area is 114 Å². The first kappa shape index (κ1) is 13.7. The second kappa shape index (κ2) is 6.46. The third-order valence-corrected chi connectivity index (χ3v) is 2.56. The monoisotopic (exact) mass is 276 g/mol. The van der Waals surface area contributed by atoms with Crippen LogP contribution in [0.2, 0.25) is 0 Å². The predicted octanol–water partition coefficient (Wildman–Crippen LogP) is 0.595. The van der Waals surface area contributed by atoms with Gasteiger partial charge in [0.2, 0.25) is 5.91 Å². The normalized spacial score (nSPS) is 10.1. The molecular formula is C13H13FN4O2. The summed E-state index contributed by atoms with van der Waals surface area (Å²) in [6.45, 7) is 0.0652. The summed E-state index contributed by atoms with van der Waals surface area (Å²) in [7, 11) is 0. The Morgan fingerprint density at radius 2 is 2.05 bits per heavy atom. The van der Waals surface area contributed by atoms with Crippen molar-refractivity contribution in [3.8, 4) is 0 Å². The molecule has 0 aliphatic heterocycles. The number of amides is 2. The maximum absolute atomic E-state index is 13.3. The van der Waals surface area contributed by atoms with E-state index in [9.17, 15) is 14.0 Å². The number of aromatic nitrogens is 2. The van der Waals surface area contributed by atoms with Gasteiger partial charge in [0.1, 0.15) is 5.82 Å². The lowest BCUT2D eigenvalue weighted by Gasteiger charge is -2.06. The van der Waals surface area contributed by atoms with Crippen molar-refractivity contribution in [3.63, 3.8) is 0 Å². The number of hydrogen-bond acceptors (Lipinski definition) is 3. The minimum Gasteiger partial charge on any atom is -0.349 e. The fourth-order valence-electron chi connectivity index (χ4n) is 1.54. The second-order valence-corrected chi connectivity index (χ2v) is 4.02. The molecule has 104 valence electrons. The van der Waals surface area contributed by atoms with E-state index in [0.29, 0.717) is 0 Å². The van der Waals surface area contributed by atoms with E-state index < -0.39 is 11.7 Å². The van der Waals surface area contributed by atoms with Crippen LogP contribution in [0.4, 0.5) is 4.39 Å². The van der Waals surface area contributed by atoms with Crippen molar-refractivity contribution in [2.75, 3.05) is 6.54 Å². The molecule has 1 aromatic carbocycles. The molecule has 0 saturated carbocycles. The molecule has 0 bridgehead atoms. The van der Waals surface area contributed by atoms with Crippen molar-refractivity contribution >= 4 is 11.8 Å². The first-order chi connectivity index (χ1) is 9.66. The number of hydrogen-bond donors (Lipinski definition) is 3. The van der Waals surface area contributed by atoms with E-state index in [4.69, 9.17) is 0 Å². The van der Waals surface area contributed by atoms with Crippen LogP contribution in [0.15, 0.2) is 36.8 Å². The highest BCUT2D eigenvalue weighted by Crippen LogP contribution is 2.05. The average molecular weight is 276 g/mol. The molecule has 2 amide bonds. The van der Waals surface area contributed by atoms with Gasteiger partial charge in [-0.15, -0.1) is 0 Å². The van der Waals surface area contributed by atoms with E-state index in [2.05, 4.69) is 20.6 Å². The molecule has 20 heavy (non-hydrogen) atoms. The highest BCUT2D eigenvalue weighted by Gasteiger charge is 2.11. The van der Waals surface area contributed by atoms with Crippen molar-refractivity contribution in [3.05, 3.63) is 53.9 Å². The molecule has 0 aliphatic carbocycles. The Kier molecular flexibility index (Phi) is 4.43. The second-order valence-electron chi connectivity index (χ2n) is 4.02. The number of carbonyl (C=O) groups excluding carboxylic acids is 2. The largest absolute Gasteiger partial charge is 0.349 e. The minimum absolute atomic E-state index is 0.0890. The van der Waals surface area contributed by atoms with Crippen LogP contribution in [-0.4, -0.2) is 28.3 Å². The van der Waals surface area contributed by atoms with Gasteiger partial charge < -0.3 is 15.6 Å².